The van der Waals surface area contributed by atoms with E-state index < -0.39 is 11.9 Å². The lowest BCUT2D eigenvalue weighted by Crippen LogP contribution is -2.35. The summed E-state index contributed by atoms with van der Waals surface area (Å²) in [6.45, 7) is 5.60. The van der Waals surface area contributed by atoms with E-state index in [4.69, 9.17) is 14.2 Å². The van der Waals surface area contributed by atoms with E-state index >= 15 is 0 Å². The predicted octanol–water partition coefficient (Wildman–Crippen LogP) is 1.06. The van der Waals surface area contributed by atoms with Crippen molar-refractivity contribution < 1.29 is 24.4 Å². The minimum atomic E-state index is -1.18. The van der Waals surface area contributed by atoms with Crippen molar-refractivity contribution in [1.29, 1.82) is 0 Å². The zero-order chi connectivity index (χ0) is 13.8. The number of aliphatic hydroxyl groups excluding tert-OH is 1. The average Bonchev–Trinajstić information content (AvgIpc) is 2.60. The Hall–Kier alpha value is -0.200. The molecule has 0 aromatic carbocycles. The van der Waals surface area contributed by atoms with Crippen molar-refractivity contribution in [3.8, 4) is 0 Å². The maximum absolute atomic E-state index is 9.73. The number of aliphatic hydroxyl groups is 2. The average molecular weight is 262 g/mol. The quantitative estimate of drug-likeness (QED) is 0.530. The van der Waals surface area contributed by atoms with E-state index in [1.807, 2.05) is 0 Å². The minimum absolute atomic E-state index is 0.0915. The van der Waals surface area contributed by atoms with Gasteiger partial charge in [-0.1, -0.05) is 0 Å². The first-order chi connectivity index (χ1) is 8.33. The molecule has 108 valence electrons. The Morgan fingerprint density at radius 3 is 2.61 bits per heavy atom. The van der Waals surface area contributed by atoms with Crippen LogP contribution in [0.5, 0.6) is 0 Å². The summed E-state index contributed by atoms with van der Waals surface area (Å²) in [6, 6.07) is 0. The highest BCUT2D eigenvalue weighted by molar-refractivity contribution is 4.86. The summed E-state index contributed by atoms with van der Waals surface area (Å²) in [5.74, 6) is -1.18. The highest BCUT2D eigenvalue weighted by Gasteiger charge is 2.39. The summed E-state index contributed by atoms with van der Waals surface area (Å²) >= 11 is 0. The summed E-state index contributed by atoms with van der Waals surface area (Å²) in [7, 11) is 1.67. The molecule has 0 bridgehead atoms. The summed E-state index contributed by atoms with van der Waals surface area (Å²) in [5.41, 5.74) is 0. The van der Waals surface area contributed by atoms with Gasteiger partial charge in [-0.15, -0.1) is 0 Å². The second-order valence-electron chi connectivity index (χ2n) is 5.43. The van der Waals surface area contributed by atoms with Crippen LogP contribution in [0.25, 0.3) is 0 Å². The normalized spacial score (nSPS) is 30.7. The molecule has 5 heteroatoms. The molecule has 1 heterocycles. The van der Waals surface area contributed by atoms with E-state index in [0.29, 0.717) is 13.0 Å². The third-order valence-electron chi connectivity index (χ3n) is 3.04. The number of hydrogen-bond donors (Lipinski definition) is 2. The number of rotatable bonds is 7. The lowest BCUT2D eigenvalue weighted by Gasteiger charge is -2.26. The molecule has 0 saturated carbocycles. The van der Waals surface area contributed by atoms with E-state index in [1.54, 1.807) is 27.9 Å². The Kier molecular flexibility index (Phi) is 6.01. The molecule has 0 spiro atoms. The van der Waals surface area contributed by atoms with Crippen molar-refractivity contribution in [2.24, 2.45) is 0 Å². The first-order valence-corrected chi connectivity index (χ1v) is 6.56. The molecule has 4 unspecified atom stereocenters. The van der Waals surface area contributed by atoms with Crippen LogP contribution in [0.15, 0.2) is 0 Å². The monoisotopic (exact) mass is 262 g/mol. The van der Waals surface area contributed by atoms with Gasteiger partial charge in [-0.3, -0.25) is 0 Å². The van der Waals surface area contributed by atoms with Gasteiger partial charge in [0.25, 0.3) is 0 Å². The predicted molar refractivity (Wildman–Crippen MR) is 67.2 cm³/mol. The van der Waals surface area contributed by atoms with E-state index in [9.17, 15) is 10.2 Å². The number of ether oxygens (including phenoxy) is 3. The van der Waals surface area contributed by atoms with Crippen LogP contribution in [-0.4, -0.2) is 54.1 Å². The molecule has 1 aliphatic heterocycles. The van der Waals surface area contributed by atoms with Gasteiger partial charge >= 0.3 is 0 Å². The lowest BCUT2D eigenvalue weighted by molar-refractivity contribution is -0.215. The molecule has 0 aromatic rings. The summed E-state index contributed by atoms with van der Waals surface area (Å²) < 4.78 is 16.4. The first-order valence-electron chi connectivity index (χ1n) is 6.56. The van der Waals surface area contributed by atoms with Gasteiger partial charge in [-0.25, -0.2) is 0 Å². The van der Waals surface area contributed by atoms with E-state index in [1.165, 1.54) is 0 Å². The second-order valence-corrected chi connectivity index (χ2v) is 5.43. The molecule has 18 heavy (non-hydrogen) atoms. The third-order valence-corrected chi connectivity index (χ3v) is 3.04. The smallest absolute Gasteiger partial charge is 0.160 e. The molecule has 1 rings (SSSR count). The van der Waals surface area contributed by atoms with Crippen LogP contribution in [0.1, 0.15) is 40.0 Å². The Labute approximate surface area is 109 Å². The standard InChI is InChI=1S/C13H26O5/c1-9(14)11-8-12(18-13(2,3)15)10(17-11)6-5-7-16-4/h9-12,14-15H,5-8H2,1-4H3. The molecule has 1 saturated heterocycles. The Balaban J connectivity index is 2.53. The summed E-state index contributed by atoms with van der Waals surface area (Å²) in [5, 5.41) is 19.3. The summed E-state index contributed by atoms with van der Waals surface area (Å²) in [6.07, 6.45) is 1.28. The third kappa shape index (κ3) is 5.20. The largest absolute Gasteiger partial charge is 0.391 e. The second kappa shape index (κ2) is 6.82. The number of hydrogen-bond acceptors (Lipinski definition) is 5. The number of methoxy groups -OCH3 is 1. The van der Waals surface area contributed by atoms with Gasteiger partial charge < -0.3 is 24.4 Å². The molecule has 0 amide bonds. The maximum Gasteiger partial charge on any atom is 0.160 e. The van der Waals surface area contributed by atoms with E-state index in [-0.39, 0.29) is 18.3 Å². The zero-order valence-corrected chi connectivity index (χ0v) is 11.8. The molecule has 0 aliphatic carbocycles. The van der Waals surface area contributed by atoms with Crippen molar-refractivity contribution in [3.63, 3.8) is 0 Å². The highest BCUT2D eigenvalue weighted by Crippen LogP contribution is 2.30. The van der Waals surface area contributed by atoms with Crippen LogP contribution in [0.4, 0.5) is 0 Å². The van der Waals surface area contributed by atoms with Crippen molar-refractivity contribution in [3.05, 3.63) is 0 Å². The highest BCUT2D eigenvalue weighted by atomic mass is 16.6. The van der Waals surface area contributed by atoms with E-state index in [0.717, 1.165) is 12.8 Å². The minimum Gasteiger partial charge on any atom is -0.391 e. The van der Waals surface area contributed by atoms with Crippen LogP contribution in [-0.2, 0) is 14.2 Å². The summed E-state index contributed by atoms with van der Waals surface area (Å²) in [4.78, 5) is 0. The van der Waals surface area contributed by atoms with Gasteiger partial charge in [0, 0.05) is 20.1 Å². The fraction of sp³-hybridized carbons (Fsp3) is 1.00. The van der Waals surface area contributed by atoms with Crippen LogP contribution in [0.2, 0.25) is 0 Å². The first kappa shape index (κ1) is 15.9. The molecular weight excluding hydrogens is 236 g/mol. The molecule has 5 nitrogen and oxygen atoms in total. The van der Waals surface area contributed by atoms with Gasteiger partial charge in [0.2, 0.25) is 0 Å². The van der Waals surface area contributed by atoms with Crippen molar-refractivity contribution in [2.45, 2.75) is 70.2 Å². The molecule has 2 N–H and O–H groups in total. The van der Waals surface area contributed by atoms with Crippen LogP contribution >= 0.6 is 0 Å². The Morgan fingerprint density at radius 2 is 2.11 bits per heavy atom. The molecule has 0 radical (unpaired) electrons. The molecule has 4 atom stereocenters. The van der Waals surface area contributed by atoms with Crippen LogP contribution in [0, 0.1) is 0 Å². The molecule has 0 aromatic heterocycles. The van der Waals surface area contributed by atoms with Crippen LogP contribution in [0.3, 0.4) is 0 Å². The Morgan fingerprint density at radius 1 is 1.44 bits per heavy atom. The maximum atomic E-state index is 9.73. The lowest BCUT2D eigenvalue weighted by atomic mass is 10.0. The van der Waals surface area contributed by atoms with Crippen molar-refractivity contribution in [1.82, 2.24) is 0 Å². The van der Waals surface area contributed by atoms with Crippen molar-refractivity contribution in [2.75, 3.05) is 13.7 Å². The fourth-order valence-corrected chi connectivity index (χ4v) is 2.24. The SMILES string of the molecule is COCCCC1OC(C(C)O)CC1OC(C)(C)O. The molecular formula is C13H26O5. The van der Waals surface area contributed by atoms with Crippen molar-refractivity contribution >= 4 is 0 Å². The molecule has 1 fully saturated rings. The zero-order valence-electron chi connectivity index (χ0n) is 11.8. The fourth-order valence-electron chi connectivity index (χ4n) is 2.24. The Bertz CT molecular complexity index is 236. The van der Waals surface area contributed by atoms with Gasteiger partial charge in [0.1, 0.15) is 0 Å². The van der Waals surface area contributed by atoms with Gasteiger partial charge in [-0.2, -0.15) is 0 Å². The van der Waals surface area contributed by atoms with E-state index in [2.05, 4.69) is 0 Å². The van der Waals surface area contributed by atoms with Crippen LogP contribution < -0.4 is 0 Å². The van der Waals surface area contributed by atoms with Gasteiger partial charge in [0.05, 0.1) is 24.4 Å². The molecule has 1 aliphatic rings. The topological polar surface area (TPSA) is 68.2 Å². The van der Waals surface area contributed by atoms with Gasteiger partial charge in [0.15, 0.2) is 5.79 Å². The van der Waals surface area contributed by atoms with Gasteiger partial charge in [-0.05, 0) is 33.6 Å².